The largest absolute Gasteiger partial charge is 0.378 e. The quantitative estimate of drug-likeness (QED) is 0.875. The Morgan fingerprint density at radius 2 is 2.21 bits per heavy atom. The second-order valence-electron chi connectivity index (χ2n) is 4.44. The van der Waals surface area contributed by atoms with Crippen molar-refractivity contribution >= 4 is 26.0 Å². The fourth-order valence-electron chi connectivity index (χ4n) is 1.93. The van der Waals surface area contributed by atoms with E-state index in [1.165, 1.54) is 0 Å². The Labute approximate surface area is 121 Å². The molecule has 1 aromatic carbocycles. The topological polar surface area (TPSA) is 64.6 Å². The highest BCUT2D eigenvalue weighted by Crippen LogP contribution is 2.24. The third kappa shape index (κ3) is 3.35. The van der Waals surface area contributed by atoms with Crippen LogP contribution in [0.15, 0.2) is 33.6 Å². The molecule has 1 aromatic rings. The lowest BCUT2D eigenvalue weighted by molar-refractivity contribution is -0.0120. The summed E-state index contributed by atoms with van der Waals surface area (Å²) in [5.74, 6) is 0. The fraction of sp³-hybridized carbons (Fsp3) is 0.500. The first kappa shape index (κ1) is 14.9. The van der Waals surface area contributed by atoms with Crippen LogP contribution >= 0.6 is 15.9 Å². The minimum absolute atomic E-state index is 0.202. The van der Waals surface area contributed by atoms with Gasteiger partial charge < -0.3 is 9.47 Å². The molecule has 2 rings (SSSR count). The lowest BCUT2D eigenvalue weighted by atomic mass is 10.0. The molecule has 1 atom stereocenters. The van der Waals surface area contributed by atoms with Gasteiger partial charge in [0.1, 0.15) is 5.60 Å². The van der Waals surface area contributed by atoms with Crippen LogP contribution in [0.25, 0.3) is 0 Å². The zero-order valence-electron chi connectivity index (χ0n) is 10.6. The summed E-state index contributed by atoms with van der Waals surface area (Å²) in [5.41, 5.74) is -0.561. The molecule has 1 saturated heterocycles. The van der Waals surface area contributed by atoms with Crippen molar-refractivity contribution in [1.29, 1.82) is 0 Å². The van der Waals surface area contributed by atoms with Gasteiger partial charge in [0.25, 0.3) is 0 Å². The molecule has 0 aliphatic carbocycles. The van der Waals surface area contributed by atoms with Gasteiger partial charge >= 0.3 is 0 Å². The first-order valence-corrected chi connectivity index (χ1v) is 8.14. The van der Waals surface area contributed by atoms with Gasteiger partial charge in [0.15, 0.2) is 0 Å². The Kier molecular flexibility index (Phi) is 4.62. The molecule has 1 aliphatic rings. The van der Waals surface area contributed by atoms with Crippen molar-refractivity contribution in [3.8, 4) is 0 Å². The Morgan fingerprint density at radius 3 is 2.79 bits per heavy atom. The number of methoxy groups -OCH3 is 1. The van der Waals surface area contributed by atoms with Crippen LogP contribution in [0.1, 0.15) is 6.42 Å². The Hall–Kier alpha value is -0.470. The van der Waals surface area contributed by atoms with Crippen LogP contribution in [0.4, 0.5) is 0 Å². The molecule has 0 saturated carbocycles. The first-order valence-electron chi connectivity index (χ1n) is 5.86. The van der Waals surface area contributed by atoms with Gasteiger partial charge in [-0.3, -0.25) is 0 Å². The number of rotatable bonds is 5. The number of ether oxygens (including phenoxy) is 2. The number of sulfonamides is 1. The maximum atomic E-state index is 12.2. The Balaban J connectivity index is 2.12. The predicted molar refractivity (Wildman–Crippen MR) is 74.5 cm³/mol. The number of nitrogens with one attached hydrogen (secondary N) is 1. The van der Waals surface area contributed by atoms with Gasteiger partial charge in [0.2, 0.25) is 10.0 Å². The normalized spacial score (nSPS) is 23.7. The van der Waals surface area contributed by atoms with Crippen LogP contribution in [0.2, 0.25) is 0 Å². The summed E-state index contributed by atoms with van der Waals surface area (Å²) >= 11 is 3.24. The average molecular weight is 350 g/mol. The summed E-state index contributed by atoms with van der Waals surface area (Å²) < 4.78 is 38.3. The smallest absolute Gasteiger partial charge is 0.241 e. The Bertz CT molecular complexity index is 540. The van der Waals surface area contributed by atoms with E-state index in [2.05, 4.69) is 20.7 Å². The van der Waals surface area contributed by atoms with Crippen LogP contribution in [-0.2, 0) is 19.5 Å². The van der Waals surface area contributed by atoms with Gasteiger partial charge in [-0.25, -0.2) is 13.1 Å². The van der Waals surface area contributed by atoms with E-state index in [1.807, 2.05) is 0 Å². The zero-order chi connectivity index (χ0) is 13.9. The minimum Gasteiger partial charge on any atom is -0.378 e. The monoisotopic (exact) mass is 349 g/mol. The molecule has 1 N–H and O–H groups in total. The van der Waals surface area contributed by atoms with E-state index in [1.54, 1.807) is 31.4 Å². The molecular formula is C12H16BrNO4S. The van der Waals surface area contributed by atoms with E-state index in [-0.39, 0.29) is 11.4 Å². The molecule has 5 nitrogen and oxygen atoms in total. The maximum Gasteiger partial charge on any atom is 0.241 e. The lowest BCUT2D eigenvalue weighted by Gasteiger charge is -2.25. The van der Waals surface area contributed by atoms with Crippen LogP contribution in [-0.4, -0.2) is 40.9 Å². The van der Waals surface area contributed by atoms with Crippen molar-refractivity contribution in [3.63, 3.8) is 0 Å². The van der Waals surface area contributed by atoms with Gasteiger partial charge in [-0.05, 0) is 28.1 Å². The van der Waals surface area contributed by atoms with Crippen molar-refractivity contribution in [2.24, 2.45) is 0 Å². The van der Waals surface area contributed by atoms with Crippen molar-refractivity contribution in [2.75, 3.05) is 26.9 Å². The highest BCUT2D eigenvalue weighted by Gasteiger charge is 2.36. The summed E-state index contributed by atoms with van der Waals surface area (Å²) in [7, 11) is -1.99. The molecule has 0 spiro atoms. The van der Waals surface area contributed by atoms with Crippen molar-refractivity contribution in [2.45, 2.75) is 16.9 Å². The molecule has 1 unspecified atom stereocenters. The SMILES string of the molecule is COC1(CNS(=O)(=O)c2ccccc2Br)CCOC1. The predicted octanol–water partition coefficient (Wildman–Crippen LogP) is 1.53. The molecule has 19 heavy (non-hydrogen) atoms. The molecule has 0 aromatic heterocycles. The Morgan fingerprint density at radius 1 is 1.47 bits per heavy atom. The number of hydrogen-bond acceptors (Lipinski definition) is 4. The summed E-state index contributed by atoms with van der Waals surface area (Å²) in [6, 6.07) is 6.70. The van der Waals surface area contributed by atoms with Crippen LogP contribution in [0.3, 0.4) is 0 Å². The van der Waals surface area contributed by atoms with Crippen LogP contribution in [0, 0.1) is 0 Å². The minimum atomic E-state index is -3.56. The molecule has 0 amide bonds. The van der Waals surface area contributed by atoms with Crippen molar-refractivity contribution < 1.29 is 17.9 Å². The molecule has 1 fully saturated rings. The zero-order valence-corrected chi connectivity index (χ0v) is 13.0. The van der Waals surface area contributed by atoms with E-state index in [4.69, 9.17) is 9.47 Å². The third-order valence-electron chi connectivity index (χ3n) is 3.21. The summed E-state index contributed by atoms with van der Waals surface area (Å²) in [5, 5.41) is 0. The van der Waals surface area contributed by atoms with E-state index in [0.29, 0.717) is 24.1 Å². The summed E-state index contributed by atoms with van der Waals surface area (Å²) in [6.45, 7) is 1.19. The molecule has 0 bridgehead atoms. The highest BCUT2D eigenvalue weighted by molar-refractivity contribution is 9.10. The van der Waals surface area contributed by atoms with Gasteiger partial charge in [-0.2, -0.15) is 0 Å². The molecule has 0 radical (unpaired) electrons. The molecule has 7 heteroatoms. The summed E-state index contributed by atoms with van der Waals surface area (Å²) in [6.07, 6.45) is 0.683. The molecule has 1 heterocycles. The number of benzene rings is 1. The van der Waals surface area contributed by atoms with Crippen molar-refractivity contribution in [1.82, 2.24) is 4.72 Å². The van der Waals surface area contributed by atoms with E-state index in [9.17, 15) is 8.42 Å². The number of hydrogen-bond donors (Lipinski definition) is 1. The standard InChI is InChI=1S/C12H16BrNO4S/c1-17-12(6-7-18-9-12)8-14-19(15,16)11-5-3-2-4-10(11)13/h2-5,14H,6-9H2,1H3. The molecular weight excluding hydrogens is 334 g/mol. The van der Waals surface area contributed by atoms with Crippen molar-refractivity contribution in [3.05, 3.63) is 28.7 Å². The summed E-state index contributed by atoms with van der Waals surface area (Å²) in [4.78, 5) is 0.222. The molecule has 106 valence electrons. The van der Waals surface area contributed by atoms with Gasteiger partial charge in [-0.1, -0.05) is 12.1 Å². The van der Waals surface area contributed by atoms with E-state index >= 15 is 0 Å². The van der Waals surface area contributed by atoms with E-state index in [0.717, 1.165) is 0 Å². The maximum absolute atomic E-state index is 12.2. The number of halogens is 1. The second kappa shape index (κ2) is 5.88. The first-order chi connectivity index (χ1) is 8.99. The lowest BCUT2D eigenvalue weighted by Crippen LogP contribution is -2.44. The fourth-order valence-corrected chi connectivity index (χ4v) is 4.04. The average Bonchev–Trinajstić information content (AvgIpc) is 2.86. The molecule has 1 aliphatic heterocycles. The van der Waals surface area contributed by atoms with Gasteiger partial charge in [0, 0.05) is 31.2 Å². The van der Waals surface area contributed by atoms with Crippen LogP contribution < -0.4 is 4.72 Å². The second-order valence-corrected chi connectivity index (χ2v) is 7.03. The highest BCUT2D eigenvalue weighted by atomic mass is 79.9. The van der Waals surface area contributed by atoms with Crippen LogP contribution in [0.5, 0.6) is 0 Å². The van der Waals surface area contributed by atoms with Gasteiger partial charge in [-0.15, -0.1) is 0 Å². The van der Waals surface area contributed by atoms with Gasteiger partial charge in [0.05, 0.1) is 11.5 Å². The third-order valence-corrected chi connectivity index (χ3v) is 5.62. The van der Waals surface area contributed by atoms with E-state index < -0.39 is 15.6 Å².